The number of nitrogens with one attached hydrogen (secondary N) is 1. The van der Waals surface area contributed by atoms with Gasteiger partial charge in [0.05, 0.1) is 0 Å². The van der Waals surface area contributed by atoms with E-state index in [1.807, 2.05) is 0 Å². The highest BCUT2D eigenvalue weighted by atomic mass is 16.2. The first-order valence-corrected chi connectivity index (χ1v) is 5.83. The van der Waals surface area contributed by atoms with Crippen LogP contribution in [-0.2, 0) is 14.4 Å². The number of hydrogen-bond acceptors (Lipinski definition) is 3. The van der Waals surface area contributed by atoms with Gasteiger partial charge in [-0.15, -0.1) is 0 Å². The second-order valence-corrected chi connectivity index (χ2v) is 4.39. The number of nitrogens with zero attached hydrogens (tertiary/aromatic N) is 1. The van der Waals surface area contributed by atoms with E-state index in [0.717, 1.165) is 37.0 Å². The van der Waals surface area contributed by atoms with E-state index in [4.69, 9.17) is 0 Å². The Balaban J connectivity index is 2.02. The number of carbonyl (C=O) groups excluding carboxylic acids is 3. The molecule has 2 fully saturated rings. The molecule has 1 aliphatic heterocycles. The van der Waals surface area contributed by atoms with Gasteiger partial charge in [0.1, 0.15) is 0 Å². The smallest absolute Gasteiger partial charge is 0.318 e. The minimum absolute atomic E-state index is 0.0522. The van der Waals surface area contributed by atoms with Gasteiger partial charge in [-0.2, -0.15) is 0 Å². The molecule has 1 aliphatic carbocycles. The molecule has 5 nitrogen and oxygen atoms in total. The van der Waals surface area contributed by atoms with Crippen molar-refractivity contribution in [3.63, 3.8) is 0 Å². The van der Waals surface area contributed by atoms with E-state index in [-0.39, 0.29) is 11.8 Å². The summed E-state index contributed by atoms with van der Waals surface area (Å²) in [7, 11) is 0. The van der Waals surface area contributed by atoms with E-state index in [0.29, 0.717) is 13.1 Å². The molecule has 0 aromatic carbocycles. The van der Waals surface area contributed by atoms with Crippen LogP contribution in [0.5, 0.6) is 0 Å². The van der Waals surface area contributed by atoms with Gasteiger partial charge in [0, 0.05) is 19.0 Å². The summed E-state index contributed by atoms with van der Waals surface area (Å²) in [5, 5.41) is 2.44. The summed E-state index contributed by atoms with van der Waals surface area (Å²) in [6, 6.07) is 0. The first-order valence-electron chi connectivity index (χ1n) is 5.83. The zero-order valence-electron chi connectivity index (χ0n) is 9.20. The molecule has 0 aromatic rings. The van der Waals surface area contributed by atoms with Crippen LogP contribution in [0.15, 0.2) is 0 Å². The van der Waals surface area contributed by atoms with Gasteiger partial charge in [0.15, 0.2) is 0 Å². The number of rotatable bonds is 1. The maximum atomic E-state index is 12.0. The second-order valence-electron chi connectivity index (χ2n) is 4.39. The van der Waals surface area contributed by atoms with Crippen LogP contribution in [0.3, 0.4) is 0 Å². The van der Waals surface area contributed by atoms with Crippen molar-refractivity contribution in [1.82, 2.24) is 10.2 Å². The summed E-state index contributed by atoms with van der Waals surface area (Å²) in [6.07, 6.45) is 4.96. The summed E-state index contributed by atoms with van der Waals surface area (Å²) < 4.78 is 0. The molecular formula is C11H16N2O3. The van der Waals surface area contributed by atoms with Crippen LogP contribution in [0.25, 0.3) is 0 Å². The van der Waals surface area contributed by atoms with Crippen molar-refractivity contribution in [3.8, 4) is 0 Å². The van der Waals surface area contributed by atoms with Crippen LogP contribution in [0.4, 0.5) is 0 Å². The number of piperazine rings is 1. The third kappa shape index (κ3) is 2.08. The van der Waals surface area contributed by atoms with E-state index >= 15 is 0 Å². The lowest BCUT2D eigenvalue weighted by Crippen LogP contribution is -2.55. The maximum Gasteiger partial charge on any atom is 0.318 e. The fourth-order valence-corrected chi connectivity index (χ4v) is 2.36. The van der Waals surface area contributed by atoms with Crippen LogP contribution in [0.1, 0.15) is 32.1 Å². The molecule has 1 saturated heterocycles. The Labute approximate surface area is 94.2 Å². The van der Waals surface area contributed by atoms with Crippen molar-refractivity contribution in [2.75, 3.05) is 13.1 Å². The van der Waals surface area contributed by atoms with Crippen molar-refractivity contribution in [2.45, 2.75) is 32.1 Å². The lowest BCUT2D eigenvalue weighted by Gasteiger charge is -2.29. The Kier molecular flexibility index (Phi) is 3.22. The monoisotopic (exact) mass is 224 g/mol. The lowest BCUT2D eigenvalue weighted by atomic mass is 9.88. The Bertz CT molecular complexity index is 321. The van der Waals surface area contributed by atoms with Gasteiger partial charge in [0.25, 0.3) is 0 Å². The number of amides is 3. The van der Waals surface area contributed by atoms with Crippen molar-refractivity contribution in [3.05, 3.63) is 0 Å². The number of imide groups is 1. The molecular weight excluding hydrogens is 208 g/mol. The van der Waals surface area contributed by atoms with Gasteiger partial charge in [-0.05, 0) is 12.8 Å². The molecule has 2 aliphatic rings. The third-order valence-corrected chi connectivity index (χ3v) is 3.28. The van der Waals surface area contributed by atoms with Gasteiger partial charge >= 0.3 is 11.8 Å². The predicted molar refractivity (Wildman–Crippen MR) is 56.3 cm³/mol. The summed E-state index contributed by atoms with van der Waals surface area (Å²) >= 11 is 0. The summed E-state index contributed by atoms with van der Waals surface area (Å²) in [5.41, 5.74) is 0. The SMILES string of the molecule is O=C1NCCN(C(=O)C2CCCCC2)C1=O. The van der Waals surface area contributed by atoms with E-state index in [9.17, 15) is 14.4 Å². The van der Waals surface area contributed by atoms with Crippen LogP contribution in [0, 0.1) is 5.92 Å². The fourth-order valence-electron chi connectivity index (χ4n) is 2.36. The molecule has 16 heavy (non-hydrogen) atoms. The molecule has 1 N–H and O–H groups in total. The van der Waals surface area contributed by atoms with Crippen LogP contribution >= 0.6 is 0 Å². The summed E-state index contributed by atoms with van der Waals surface area (Å²) in [5.74, 6) is -1.56. The van der Waals surface area contributed by atoms with E-state index < -0.39 is 11.8 Å². The quantitative estimate of drug-likeness (QED) is 0.505. The third-order valence-electron chi connectivity index (χ3n) is 3.28. The molecule has 0 spiro atoms. The molecule has 0 aromatic heterocycles. The van der Waals surface area contributed by atoms with Gasteiger partial charge in [-0.25, -0.2) is 0 Å². The van der Waals surface area contributed by atoms with Crippen molar-refractivity contribution in [2.24, 2.45) is 5.92 Å². The number of carbonyl (C=O) groups is 3. The minimum atomic E-state index is -0.693. The summed E-state index contributed by atoms with van der Waals surface area (Å²) in [4.78, 5) is 35.8. The van der Waals surface area contributed by atoms with Crippen molar-refractivity contribution < 1.29 is 14.4 Å². The van der Waals surface area contributed by atoms with Crippen LogP contribution in [0.2, 0.25) is 0 Å². The Morgan fingerprint density at radius 1 is 1.19 bits per heavy atom. The van der Waals surface area contributed by atoms with Gasteiger partial charge in [-0.1, -0.05) is 19.3 Å². The van der Waals surface area contributed by atoms with Gasteiger partial charge < -0.3 is 5.32 Å². The molecule has 3 amide bonds. The minimum Gasteiger partial charge on any atom is -0.346 e. The Morgan fingerprint density at radius 3 is 2.56 bits per heavy atom. The predicted octanol–water partition coefficient (Wildman–Crippen LogP) is 0.0517. The molecule has 0 bridgehead atoms. The highest BCUT2D eigenvalue weighted by molar-refractivity contribution is 6.38. The number of hydrogen-bond donors (Lipinski definition) is 1. The molecule has 5 heteroatoms. The zero-order valence-corrected chi connectivity index (χ0v) is 9.20. The Hall–Kier alpha value is -1.39. The standard InChI is InChI=1S/C11H16N2O3/c14-9-11(16)13(7-6-12-9)10(15)8-4-2-1-3-5-8/h8H,1-7H2,(H,12,14). The highest BCUT2D eigenvalue weighted by Crippen LogP contribution is 2.25. The molecule has 0 atom stereocenters. The Morgan fingerprint density at radius 2 is 1.88 bits per heavy atom. The van der Waals surface area contributed by atoms with Crippen LogP contribution in [-0.4, -0.2) is 35.7 Å². The molecule has 0 radical (unpaired) electrons. The largest absolute Gasteiger partial charge is 0.346 e. The van der Waals surface area contributed by atoms with Crippen molar-refractivity contribution >= 4 is 17.7 Å². The zero-order chi connectivity index (χ0) is 11.5. The molecule has 1 heterocycles. The van der Waals surface area contributed by atoms with E-state index in [1.165, 1.54) is 0 Å². The molecule has 0 unspecified atom stereocenters. The van der Waals surface area contributed by atoms with Crippen LogP contribution < -0.4 is 5.32 Å². The first-order chi connectivity index (χ1) is 7.70. The molecule has 88 valence electrons. The lowest BCUT2D eigenvalue weighted by molar-refractivity contribution is -0.156. The topological polar surface area (TPSA) is 66.5 Å². The average molecular weight is 224 g/mol. The highest BCUT2D eigenvalue weighted by Gasteiger charge is 2.34. The van der Waals surface area contributed by atoms with Gasteiger partial charge in [-0.3, -0.25) is 19.3 Å². The maximum absolute atomic E-state index is 12.0. The van der Waals surface area contributed by atoms with Gasteiger partial charge in [0.2, 0.25) is 5.91 Å². The van der Waals surface area contributed by atoms with E-state index in [2.05, 4.69) is 5.32 Å². The molecule has 2 rings (SSSR count). The van der Waals surface area contributed by atoms with E-state index in [1.54, 1.807) is 0 Å². The summed E-state index contributed by atoms with van der Waals surface area (Å²) in [6.45, 7) is 0.697. The average Bonchev–Trinajstić information content (AvgIpc) is 2.33. The second kappa shape index (κ2) is 4.63. The fraction of sp³-hybridized carbons (Fsp3) is 0.727. The first kappa shape index (κ1) is 11.1. The normalized spacial score (nSPS) is 23.1. The van der Waals surface area contributed by atoms with Crippen molar-refractivity contribution in [1.29, 1.82) is 0 Å². The molecule has 1 saturated carbocycles.